The van der Waals surface area contributed by atoms with Crippen LogP contribution < -0.4 is 9.47 Å². The fraction of sp³-hybridized carbons (Fsp3) is 0.133. The van der Waals surface area contributed by atoms with Crippen LogP contribution in [0.5, 0.6) is 17.2 Å². The van der Waals surface area contributed by atoms with Crippen molar-refractivity contribution in [3.63, 3.8) is 0 Å². The summed E-state index contributed by atoms with van der Waals surface area (Å²) in [6.45, 7) is 0.138. The van der Waals surface area contributed by atoms with Crippen molar-refractivity contribution < 1.29 is 32.2 Å². The van der Waals surface area contributed by atoms with Crippen molar-refractivity contribution in [1.29, 1.82) is 0 Å². The Morgan fingerprint density at radius 2 is 1.71 bits per heavy atom. The number of hydrogen-bond donors (Lipinski definition) is 1. The first-order chi connectivity index (χ1) is 19.7. The second-order valence-electron chi connectivity index (χ2n) is 9.13. The summed E-state index contributed by atoms with van der Waals surface area (Å²) in [5.41, 5.74) is 2.04. The number of nitrogens with zero attached hydrogens (tertiary/aromatic N) is 2. The molecule has 0 fully saturated rings. The normalized spacial score (nSPS) is 15.0. The van der Waals surface area contributed by atoms with E-state index in [9.17, 15) is 22.7 Å². The van der Waals surface area contributed by atoms with Crippen LogP contribution in [0.15, 0.2) is 101 Å². The zero-order valence-corrected chi connectivity index (χ0v) is 23.7. The lowest BCUT2D eigenvalue weighted by Crippen LogP contribution is -2.26. The third kappa shape index (κ3) is 6.06. The number of methoxy groups -OCH3 is 1. The van der Waals surface area contributed by atoms with Crippen LogP contribution in [0, 0.1) is 5.82 Å². The largest absolute Gasteiger partial charge is 0.507 e. The molecule has 1 aliphatic heterocycles. The second kappa shape index (κ2) is 11.6. The van der Waals surface area contributed by atoms with Gasteiger partial charge in [0, 0.05) is 17.4 Å². The van der Waals surface area contributed by atoms with E-state index in [0.717, 1.165) is 11.8 Å². The first kappa shape index (κ1) is 28.2. The highest BCUT2D eigenvalue weighted by molar-refractivity contribution is 8.14. The standard InChI is InChI=1S/C30H25FN2O6S2/c1-38-27-24(7-5-9-26(27)39-18-19-10-16-22(17-11-19)41(2,36)37)30-33(29(35)23-6-3-4-8-25(23)34)32-28(40-30)20-12-14-21(31)15-13-20/h3-17,30,34H,18H2,1-2H3. The maximum atomic E-state index is 13.6. The van der Waals surface area contributed by atoms with E-state index >= 15 is 0 Å². The van der Waals surface area contributed by atoms with Crippen LogP contribution in [0.2, 0.25) is 0 Å². The predicted molar refractivity (Wildman–Crippen MR) is 154 cm³/mol. The van der Waals surface area contributed by atoms with Gasteiger partial charge in [0.05, 0.1) is 17.6 Å². The van der Waals surface area contributed by atoms with E-state index in [4.69, 9.17) is 9.47 Å². The van der Waals surface area contributed by atoms with Crippen LogP contribution in [0.3, 0.4) is 0 Å². The highest BCUT2D eigenvalue weighted by atomic mass is 32.2. The number of hydrazone groups is 1. The SMILES string of the molecule is COc1c(OCc2ccc(S(C)(=O)=O)cc2)cccc1C1SC(c2ccc(F)cc2)=NN1C(=O)c1ccccc1O. The molecule has 0 aliphatic carbocycles. The first-order valence-corrected chi connectivity index (χ1v) is 15.1. The maximum absolute atomic E-state index is 13.6. The van der Waals surface area contributed by atoms with Gasteiger partial charge in [0.15, 0.2) is 21.3 Å². The Morgan fingerprint density at radius 1 is 1.00 bits per heavy atom. The number of ether oxygens (including phenoxy) is 2. The molecule has 0 spiro atoms. The molecule has 8 nitrogen and oxygen atoms in total. The quantitative estimate of drug-likeness (QED) is 0.277. The van der Waals surface area contributed by atoms with Crippen molar-refractivity contribution in [2.45, 2.75) is 16.9 Å². The number of phenolic OH excluding ortho intramolecular Hbond substituents is 1. The van der Waals surface area contributed by atoms with Gasteiger partial charge in [0.2, 0.25) is 0 Å². The number of aromatic hydroxyl groups is 1. The molecular formula is C30H25FN2O6S2. The molecule has 0 radical (unpaired) electrons. The van der Waals surface area contributed by atoms with Crippen LogP contribution in [-0.2, 0) is 16.4 Å². The number of phenols is 1. The summed E-state index contributed by atoms with van der Waals surface area (Å²) in [5, 5.41) is 16.0. The number of amides is 1. The Hall–Kier alpha value is -4.35. The number of carbonyl (C=O) groups is 1. The van der Waals surface area contributed by atoms with Gasteiger partial charge in [-0.15, -0.1) is 0 Å². The molecule has 1 amide bonds. The molecule has 0 aromatic heterocycles. The number of para-hydroxylation sites is 2. The summed E-state index contributed by atoms with van der Waals surface area (Å²) in [4.78, 5) is 13.9. The zero-order chi connectivity index (χ0) is 29.1. The van der Waals surface area contributed by atoms with E-state index in [-0.39, 0.29) is 22.8 Å². The molecule has 1 unspecified atom stereocenters. The smallest absolute Gasteiger partial charge is 0.279 e. The molecule has 1 heterocycles. The number of sulfone groups is 1. The summed E-state index contributed by atoms with van der Waals surface area (Å²) < 4.78 is 48.9. The Morgan fingerprint density at radius 3 is 2.37 bits per heavy atom. The lowest BCUT2D eigenvalue weighted by molar-refractivity contribution is 0.0744. The molecule has 1 aliphatic rings. The average molecular weight is 593 g/mol. The Bertz CT molecular complexity index is 1730. The second-order valence-corrected chi connectivity index (χ2v) is 12.2. The van der Waals surface area contributed by atoms with Gasteiger partial charge in [0.1, 0.15) is 28.6 Å². The van der Waals surface area contributed by atoms with Gasteiger partial charge in [-0.25, -0.2) is 17.8 Å². The van der Waals surface area contributed by atoms with E-state index in [0.29, 0.717) is 27.7 Å². The van der Waals surface area contributed by atoms with E-state index in [1.54, 1.807) is 54.6 Å². The number of carbonyl (C=O) groups excluding carboxylic acids is 1. The van der Waals surface area contributed by atoms with Crippen LogP contribution in [-0.4, -0.2) is 42.8 Å². The fourth-order valence-electron chi connectivity index (χ4n) is 4.23. The predicted octanol–water partition coefficient (Wildman–Crippen LogP) is 5.77. The number of halogens is 1. The Balaban J connectivity index is 1.48. The fourth-order valence-corrected chi connectivity index (χ4v) is 6.03. The molecule has 210 valence electrons. The lowest BCUT2D eigenvalue weighted by Gasteiger charge is -2.24. The summed E-state index contributed by atoms with van der Waals surface area (Å²) in [7, 11) is -1.83. The van der Waals surface area contributed by atoms with Crippen LogP contribution in [0.4, 0.5) is 4.39 Å². The van der Waals surface area contributed by atoms with Crippen molar-refractivity contribution >= 4 is 32.6 Å². The van der Waals surface area contributed by atoms with Crippen LogP contribution >= 0.6 is 11.8 Å². The highest BCUT2D eigenvalue weighted by Crippen LogP contribution is 2.48. The van der Waals surface area contributed by atoms with Crippen LogP contribution in [0.25, 0.3) is 0 Å². The van der Waals surface area contributed by atoms with Gasteiger partial charge in [0.25, 0.3) is 5.91 Å². The van der Waals surface area contributed by atoms with Gasteiger partial charge >= 0.3 is 0 Å². The van der Waals surface area contributed by atoms with Crippen molar-refractivity contribution in [2.24, 2.45) is 5.10 Å². The molecule has 0 bridgehead atoms. The summed E-state index contributed by atoms with van der Waals surface area (Å²) in [6, 6.07) is 23.7. The van der Waals surface area contributed by atoms with E-state index < -0.39 is 26.9 Å². The molecule has 4 aromatic carbocycles. The topological polar surface area (TPSA) is 106 Å². The molecule has 11 heteroatoms. The maximum Gasteiger partial charge on any atom is 0.279 e. The number of benzene rings is 4. The van der Waals surface area contributed by atoms with Gasteiger partial charge in [-0.3, -0.25) is 4.79 Å². The monoisotopic (exact) mass is 592 g/mol. The van der Waals surface area contributed by atoms with E-state index in [1.807, 2.05) is 0 Å². The molecule has 5 rings (SSSR count). The molecule has 4 aromatic rings. The Labute approximate surface area is 241 Å². The molecule has 0 saturated carbocycles. The minimum absolute atomic E-state index is 0.0751. The van der Waals surface area contributed by atoms with Gasteiger partial charge in [-0.1, -0.05) is 48.2 Å². The summed E-state index contributed by atoms with van der Waals surface area (Å²) in [5.74, 6) is -0.324. The van der Waals surface area contributed by atoms with Crippen molar-refractivity contribution in [3.8, 4) is 17.2 Å². The van der Waals surface area contributed by atoms with Crippen LogP contribution in [0.1, 0.15) is 32.4 Å². The zero-order valence-electron chi connectivity index (χ0n) is 22.0. The van der Waals surface area contributed by atoms with Gasteiger partial charge < -0.3 is 14.6 Å². The number of hydrogen-bond acceptors (Lipinski definition) is 8. The molecule has 0 saturated heterocycles. The molecule has 41 heavy (non-hydrogen) atoms. The number of rotatable bonds is 8. The van der Waals surface area contributed by atoms with Gasteiger partial charge in [-0.05, 0) is 60.2 Å². The highest BCUT2D eigenvalue weighted by Gasteiger charge is 2.37. The van der Waals surface area contributed by atoms with E-state index in [1.165, 1.54) is 60.3 Å². The Kier molecular flexibility index (Phi) is 8.00. The third-order valence-electron chi connectivity index (χ3n) is 6.30. The van der Waals surface area contributed by atoms with Crippen molar-refractivity contribution in [3.05, 3.63) is 119 Å². The van der Waals surface area contributed by atoms with Crippen molar-refractivity contribution in [2.75, 3.05) is 13.4 Å². The molecule has 1 atom stereocenters. The third-order valence-corrected chi connectivity index (χ3v) is 8.65. The molecular weight excluding hydrogens is 567 g/mol. The van der Waals surface area contributed by atoms with E-state index in [2.05, 4.69) is 5.10 Å². The van der Waals surface area contributed by atoms with Crippen molar-refractivity contribution in [1.82, 2.24) is 5.01 Å². The minimum Gasteiger partial charge on any atom is -0.507 e. The average Bonchev–Trinajstić information content (AvgIpc) is 3.41. The summed E-state index contributed by atoms with van der Waals surface area (Å²) in [6.07, 6.45) is 1.15. The lowest BCUT2D eigenvalue weighted by atomic mass is 10.1. The summed E-state index contributed by atoms with van der Waals surface area (Å²) >= 11 is 1.27. The minimum atomic E-state index is -3.31. The first-order valence-electron chi connectivity index (χ1n) is 12.4. The number of thioether (sulfide) groups is 1. The molecule has 1 N–H and O–H groups in total. The van der Waals surface area contributed by atoms with Gasteiger partial charge in [-0.2, -0.15) is 5.10 Å².